The first-order valence-electron chi connectivity index (χ1n) is 7.66. The Hall–Kier alpha value is -3.23. The van der Waals surface area contributed by atoms with Gasteiger partial charge in [-0.25, -0.2) is 4.98 Å². The molecule has 0 saturated carbocycles. The number of benzene rings is 1. The summed E-state index contributed by atoms with van der Waals surface area (Å²) in [7, 11) is 3.79. The Kier molecular flexibility index (Phi) is 5.83. The number of nitro benzene ring substituents is 1. The maximum absolute atomic E-state index is 12.0. The Morgan fingerprint density at radius 1 is 1.24 bits per heavy atom. The van der Waals surface area contributed by atoms with Gasteiger partial charge in [-0.3, -0.25) is 14.9 Å². The minimum Gasteiger partial charge on any atom is -0.363 e. The van der Waals surface area contributed by atoms with Crippen LogP contribution in [0.1, 0.15) is 16.1 Å². The van der Waals surface area contributed by atoms with Gasteiger partial charge in [0, 0.05) is 56.6 Å². The van der Waals surface area contributed by atoms with E-state index in [2.05, 4.69) is 20.6 Å². The van der Waals surface area contributed by atoms with E-state index in [-0.39, 0.29) is 17.2 Å². The molecule has 0 fully saturated rings. The molecule has 1 amide bonds. The molecule has 2 aromatic rings. The van der Waals surface area contributed by atoms with Gasteiger partial charge in [-0.1, -0.05) is 6.07 Å². The van der Waals surface area contributed by atoms with Crippen molar-refractivity contribution in [1.29, 1.82) is 0 Å². The van der Waals surface area contributed by atoms with Gasteiger partial charge in [0.15, 0.2) is 0 Å². The van der Waals surface area contributed by atoms with E-state index in [1.807, 2.05) is 32.0 Å². The first-order chi connectivity index (χ1) is 11.9. The molecule has 9 nitrogen and oxygen atoms in total. The summed E-state index contributed by atoms with van der Waals surface area (Å²) in [6.07, 6.45) is 0. The molecule has 0 saturated heterocycles. The number of nitro groups is 1. The molecule has 25 heavy (non-hydrogen) atoms. The second-order valence-corrected chi connectivity index (χ2v) is 5.58. The summed E-state index contributed by atoms with van der Waals surface area (Å²) in [5.74, 6) is 0.897. The van der Waals surface area contributed by atoms with E-state index in [1.54, 1.807) is 0 Å². The lowest BCUT2D eigenvalue weighted by Gasteiger charge is -2.14. The monoisotopic (exact) mass is 344 g/mol. The molecule has 1 heterocycles. The van der Waals surface area contributed by atoms with Crippen LogP contribution in [0.4, 0.5) is 17.5 Å². The van der Waals surface area contributed by atoms with Gasteiger partial charge in [-0.15, -0.1) is 0 Å². The molecule has 2 N–H and O–H groups in total. The van der Waals surface area contributed by atoms with Gasteiger partial charge in [-0.2, -0.15) is 4.98 Å². The largest absolute Gasteiger partial charge is 0.363 e. The molecule has 0 atom stereocenters. The highest BCUT2D eigenvalue weighted by Gasteiger charge is 2.11. The SMILES string of the molecule is Cc1cc(N(C)C)nc(NCCNC(=O)c2cccc([N+](=O)[O-])c2)n1. The Morgan fingerprint density at radius 2 is 2.00 bits per heavy atom. The number of carbonyl (C=O) groups excluding carboxylic acids is 1. The first-order valence-corrected chi connectivity index (χ1v) is 7.66. The van der Waals surface area contributed by atoms with E-state index in [1.165, 1.54) is 24.3 Å². The van der Waals surface area contributed by atoms with Crippen LogP contribution >= 0.6 is 0 Å². The van der Waals surface area contributed by atoms with Crippen molar-refractivity contribution >= 4 is 23.4 Å². The molecular formula is C16H20N6O3. The molecule has 0 unspecified atom stereocenters. The fraction of sp³-hybridized carbons (Fsp3) is 0.312. The van der Waals surface area contributed by atoms with Crippen LogP contribution in [0.25, 0.3) is 0 Å². The lowest BCUT2D eigenvalue weighted by atomic mass is 10.2. The van der Waals surface area contributed by atoms with Gasteiger partial charge >= 0.3 is 0 Å². The van der Waals surface area contributed by atoms with Gasteiger partial charge < -0.3 is 15.5 Å². The van der Waals surface area contributed by atoms with Gasteiger partial charge in [0.2, 0.25) is 5.95 Å². The summed E-state index contributed by atoms with van der Waals surface area (Å²) in [5, 5.41) is 16.5. The topological polar surface area (TPSA) is 113 Å². The fourth-order valence-electron chi connectivity index (χ4n) is 2.07. The van der Waals surface area contributed by atoms with E-state index in [0.29, 0.717) is 19.0 Å². The van der Waals surface area contributed by atoms with Crippen LogP contribution in [0.2, 0.25) is 0 Å². The van der Waals surface area contributed by atoms with Crippen molar-refractivity contribution in [2.75, 3.05) is 37.4 Å². The standard InChI is InChI=1S/C16H20N6O3/c1-11-9-14(21(2)3)20-16(19-11)18-8-7-17-15(23)12-5-4-6-13(10-12)22(24)25/h4-6,9-10H,7-8H2,1-3H3,(H,17,23)(H,18,19,20). The number of nitrogens with one attached hydrogen (secondary N) is 2. The summed E-state index contributed by atoms with van der Waals surface area (Å²) < 4.78 is 0. The van der Waals surface area contributed by atoms with Crippen molar-refractivity contribution in [2.45, 2.75) is 6.92 Å². The quantitative estimate of drug-likeness (QED) is 0.445. The number of amides is 1. The molecule has 0 aliphatic carbocycles. The van der Waals surface area contributed by atoms with Crippen LogP contribution in [0.15, 0.2) is 30.3 Å². The van der Waals surface area contributed by atoms with E-state index >= 15 is 0 Å². The Morgan fingerprint density at radius 3 is 2.68 bits per heavy atom. The minimum atomic E-state index is -0.532. The summed E-state index contributed by atoms with van der Waals surface area (Å²) >= 11 is 0. The molecule has 0 aliphatic rings. The Bertz CT molecular complexity index is 778. The number of aromatic nitrogens is 2. The molecule has 0 bridgehead atoms. The molecule has 2 rings (SSSR count). The van der Waals surface area contributed by atoms with Crippen molar-refractivity contribution in [3.05, 3.63) is 51.7 Å². The number of non-ortho nitro benzene ring substituents is 1. The van der Waals surface area contributed by atoms with Crippen LogP contribution in [0.5, 0.6) is 0 Å². The van der Waals surface area contributed by atoms with Crippen molar-refractivity contribution in [2.24, 2.45) is 0 Å². The summed E-state index contributed by atoms with van der Waals surface area (Å²) in [5.41, 5.74) is 0.966. The third kappa shape index (κ3) is 5.13. The molecule has 1 aromatic carbocycles. The average Bonchev–Trinajstić information content (AvgIpc) is 2.58. The third-order valence-corrected chi connectivity index (χ3v) is 3.31. The van der Waals surface area contributed by atoms with Gasteiger partial charge in [0.25, 0.3) is 11.6 Å². The van der Waals surface area contributed by atoms with Crippen molar-refractivity contribution < 1.29 is 9.72 Å². The number of rotatable bonds is 7. The van der Waals surface area contributed by atoms with Crippen LogP contribution in [-0.2, 0) is 0 Å². The lowest BCUT2D eigenvalue weighted by Crippen LogP contribution is -2.29. The molecule has 0 radical (unpaired) electrons. The van der Waals surface area contributed by atoms with E-state index in [9.17, 15) is 14.9 Å². The highest BCUT2D eigenvalue weighted by Crippen LogP contribution is 2.13. The van der Waals surface area contributed by atoms with Gasteiger partial charge in [-0.05, 0) is 13.0 Å². The van der Waals surface area contributed by atoms with Crippen LogP contribution in [0.3, 0.4) is 0 Å². The zero-order valence-electron chi connectivity index (χ0n) is 14.3. The minimum absolute atomic E-state index is 0.116. The number of anilines is 2. The molecule has 0 spiro atoms. The highest BCUT2D eigenvalue weighted by atomic mass is 16.6. The smallest absolute Gasteiger partial charge is 0.270 e. The van der Waals surface area contributed by atoms with E-state index < -0.39 is 4.92 Å². The van der Waals surface area contributed by atoms with Gasteiger partial charge in [0.05, 0.1) is 4.92 Å². The molecule has 132 valence electrons. The van der Waals surface area contributed by atoms with Crippen molar-refractivity contribution in [1.82, 2.24) is 15.3 Å². The molecule has 1 aromatic heterocycles. The second-order valence-electron chi connectivity index (χ2n) is 5.58. The van der Waals surface area contributed by atoms with Crippen molar-refractivity contribution in [3.63, 3.8) is 0 Å². The summed E-state index contributed by atoms with van der Waals surface area (Å²) in [6.45, 7) is 2.64. The number of hydrogen-bond acceptors (Lipinski definition) is 7. The predicted molar refractivity (Wildman–Crippen MR) is 95.0 cm³/mol. The molecule has 9 heteroatoms. The van der Waals surface area contributed by atoms with Crippen LogP contribution in [-0.4, -0.2) is 48.0 Å². The molecule has 0 aliphatic heterocycles. The zero-order valence-corrected chi connectivity index (χ0v) is 14.3. The normalized spacial score (nSPS) is 10.2. The number of aryl methyl sites for hydroxylation is 1. The third-order valence-electron chi connectivity index (χ3n) is 3.31. The highest BCUT2D eigenvalue weighted by molar-refractivity contribution is 5.94. The lowest BCUT2D eigenvalue weighted by molar-refractivity contribution is -0.384. The molecular weight excluding hydrogens is 324 g/mol. The van der Waals surface area contributed by atoms with E-state index in [0.717, 1.165) is 11.5 Å². The maximum atomic E-state index is 12.0. The first kappa shape index (κ1) is 18.1. The van der Waals surface area contributed by atoms with Crippen LogP contribution in [0, 0.1) is 17.0 Å². The number of nitrogens with zero attached hydrogens (tertiary/aromatic N) is 4. The maximum Gasteiger partial charge on any atom is 0.270 e. The number of carbonyl (C=O) groups is 1. The summed E-state index contributed by atoms with van der Waals surface area (Å²) in [6, 6.07) is 7.47. The zero-order chi connectivity index (χ0) is 18.4. The van der Waals surface area contributed by atoms with Crippen LogP contribution < -0.4 is 15.5 Å². The predicted octanol–water partition coefficient (Wildman–Crippen LogP) is 1.60. The number of hydrogen-bond donors (Lipinski definition) is 2. The average molecular weight is 344 g/mol. The second kappa shape index (κ2) is 8.04. The van der Waals surface area contributed by atoms with Crippen molar-refractivity contribution in [3.8, 4) is 0 Å². The summed E-state index contributed by atoms with van der Waals surface area (Å²) in [4.78, 5) is 32.8. The Labute approximate surface area is 145 Å². The van der Waals surface area contributed by atoms with E-state index in [4.69, 9.17) is 0 Å². The fourth-order valence-corrected chi connectivity index (χ4v) is 2.07. The van der Waals surface area contributed by atoms with Gasteiger partial charge in [0.1, 0.15) is 5.82 Å². The Balaban J connectivity index is 1.88.